The maximum atomic E-state index is 13.2. The van der Waals surface area contributed by atoms with Crippen LogP contribution in [0, 0.1) is 5.92 Å². The number of primary amides is 1. The fraction of sp³-hybridized carbons (Fsp3) is 0.429. The van der Waals surface area contributed by atoms with Crippen LogP contribution in [-0.4, -0.2) is 22.8 Å². The second-order valence-electron chi connectivity index (χ2n) is 7.40. The predicted octanol–water partition coefficient (Wildman–Crippen LogP) is 3.32. The van der Waals surface area contributed by atoms with Gasteiger partial charge in [-0.15, -0.1) is 11.3 Å². The molecule has 2 atom stereocenters. The lowest BCUT2D eigenvalue weighted by Gasteiger charge is -2.34. The van der Waals surface area contributed by atoms with E-state index in [2.05, 4.69) is 13.0 Å². The van der Waals surface area contributed by atoms with Gasteiger partial charge in [0.25, 0.3) is 5.91 Å². The van der Waals surface area contributed by atoms with E-state index in [0.717, 1.165) is 34.8 Å². The van der Waals surface area contributed by atoms with E-state index in [1.54, 1.807) is 16.2 Å². The van der Waals surface area contributed by atoms with Gasteiger partial charge in [-0.05, 0) is 47.9 Å². The number of carbonyl (C=O) groups excluding carboxylic acids is 2. The second kappa shape index (κ2) is 6.88. The number of aryl methyl sites for hydroxylation is 1. The molecular formula is C21H24N2O2S. The van der Waals surface area contributed by atoms with Gasteiger partial charge in [0.05, 0.1) is 4.88 Å². The lowest BCUT2D eigenvalue weighted by atomic mass is 9.87. The topological polar surface area (TPSA) is 63.4 Å². The van der Waals surface area contributed by atoms with Gasteiger partial charge in [-0.2, -0.15) is 0 Å². The molecule has 2 N–H and O–H groups in total. The zero-order valence-corrected chi connectivity index (χ0v) is 15.8. The Hall–Kier alpha value is -2.14. The molecule has 2 amide bonds. The van der Waals surface area contributed by atoms with Crippen LogP contribution in [0.1, 0.15) is 51.0 Å². The van der Waals surface area contributed by atoms with Crippen LogP contribution < -0.4 is 5.73 Å². The van der Waals surface area contributed by atoms with Crippen molar-refractivity contribution in [1.29, 1.82) is 0 Å². The van der Waals surface area contributed by atoms with Crippen molar-refractivity contribution in [2.75, 3.05) is 0 Å². The summed E-state index contributed by atoms with van der Waals surface area (Å²) in [5.41, 5.74) is 9.17. The van der Waals surface area contributed by atoms with Crippen molar-refractivity contribution in [3.8, 4) is 0 Å². The molecule has 1 aromatic carbocycles. The highest BCUT2D eigenvalue weighted by Gasteiger charge is 2.35. The van der Waals surface area contributed by atoms with E-state index in [0.29, 0.717) is 13.0 Å². The predicted molar refractivity (Wildman–Crippen MR) is 103 cm³/mol. The Morgan fingerprint density at radius 1 is 1.19 bits per heavy atom. The first-order valence-electron chi connectivity index (χ1n) is 9.35. The summed E-state index contributed by atoms with van der Waals surface area (Å²) in [6.07, 6.45) is 5.02. The van der Waals surface area contributed by atoms with Crippen LogP contribution >= 0.6 is 11.3 Å². The number of fused-ring (bicyclic) bond motifs is 2. The number of carbonyl (C=O) groups is 2. The number of nitrogens with zero attached hydrogens (tertiary/aromatic N) is 1. The van der Waals surface area contributed by atoms with E-state index in [9.17, 15) is 9.59 Å². The highest BCUT2D eigenvalue weighted by Crippen LogP contribution is 2.35. The zero-order valence-electron chi connectivity index (χ0n) is 15.0. The van der Waals surface area contributed by atoms with Gasteiger partial charge in [0.1, 0.15) is 6.04 Å². The third-order valence-electron chi connectivity index (χ3n) is 5.81. The van der Waals surface area contributed by atoms with Gasteiger partial charge in [0.15, 0.2) is 0 Å². The van der Waals surface area contributed by atoms with Crippen molar-refractivity contribution in [3.63, 3.8) is 0 Å². The average molecular weight is 369 g/mol. The third kappa shape index (κ3) is 3.05. The van der Waals surface area contributed by atoms with Crippen molar-refractivity contribution < 1.29 is 9.59 Å². The molecule has 1 aliphatic heterocycles. The van der Waals surface area contributed by atoms with Crippen LogP contribution in [0.2, 0.25) is 0 Å². The lowest BCUT2D eigenvalue weighted by Crippen LogP contribution is -2.51. The van der Waals surface area contributed by atoms with Crippen LogP contribution in [0.4, 0.5) is 0 Å². The highest BCUT2D eigenvalue weighted by atomic mass is 32.1. The molecule has 0 saturated heterocycles. The molecule has 0 saturated carbocycles. The number of hydrogen-bond acceptors (Lipinski definition) is 3. The van der Waals surface area contributed by atoms with Crippen molar-refractivity contribution >= 4 is 23.2 Å². The minimum atomic E-state index is -0.570. The molecule has 2 aliphatic rings. The monoisotopic (exact) mass is 368 g/mol. The smallest absolute Gasteiger partial charge is 0.264 e. The Morgan fingerprint density at radius 2 is 1.96 bits per heavy atom. The van der Waals surface area contributed by atoms with Crippen LogP contribution in [0.25, 0.3) is 0 Å². The van der Waals surface area contributed by atoms with Gasteiger partial charge in [0, 0.05) is 17.8 Å². The minimum Gasteiger partial charge on any atom is -0.368 e. The molecule has 1 aromatic heterocycles. The van der Waals surface area contributed by atoms with E-state index in [4.69, 9.17) is 5.73 Å². The fourth-order valence-electron chi connectivity index (χ4n) is 4.19. The quantitative estimate of drug-likeness (QED) is 0.903. The van der Waals surface area contributed by atoms with E-state index in [-0.39, 0.29) is 5.91 Å². The summed E-state index contributed by atoms with van der Waals surface area (Å²) in [5, 5.41) is 0. The second-order valence-corrected chi connectivity index (χ2v) is 8.54. The Labute approximate surface area is 158 Å². The van der Waals surface area contributed by atoms with Crippen molar-refractivity contribution in [2.45, 2.75) is 51.6 Å². The number of thiophene rings is 1. The first kappa shape index (κ1) is 17.3. The molecular weight excluding hydrogens is 344 g/mol. The van der Waals surface area contributed by atoms with Gasteiger partial charge in [-0.3, -0.25) is 9.59 Å². The van der Waals surface area contributed by atoms with Crippen LogP contribution in [0.5, 0.6) is 0 Å². The number of nitrogens with two attached hydrogens (primary N) is 1. The summed E-state index contributed by atoms with van der Waals surface area (Å²) in [4.78, 5) is 29.0. The molecule has 0 unspecified atom stereocenters. The molecule has 0 radical (unpaired) electrons. The molecule has 5 heteroatoms. The molecule has 4 rings (SSSR count). The van der Waals surface area contributed by atoms with Crippen molar-refractivity contribution in [1.82, 2.24) is 4.90 Å². The van der Waals surface area contributed by atoms with Gasteiger partial charge < -0.3 is 10.6 Å². The maximum Gasteiger partial charge on any atom is 0.264 e. The van der Waals surface area contributed by atoms with E-state index in [1.165, 1.54) is 23.3 Å². The maximum absolute atomic E-state index is 13.2. The zero-order chi connectivity index (χ0) is 18.3. The molecule has 0 fully saturated rings. The SMILES string of the molecule is CC[C@@H]1CCc2sc(C(=O)N3Cc4ccccc4C[C@@H]3C(N)=O)cc2C1. The van der Waals surface area contributed by atoms with E-state index in [1.807, 2.05) is 24.3 Å². The number of hydrogen-bond donors (Lipinski definition) is 1. The van der Waals surface area contributed by atoms with Gasteiger partial charge in [-0.25, -0.2) is 0 Å². The highest BCUT2D eigenvalue weighted by molar-refractivity contribution is 7.14. The number of amides is 2. The summed E-state index contributed by atoms with van der Waals surface area (Å²) < 4.78 is 0. The summed E-state index contributed by atoms with van der Waals surface area (Å²) in [5.74, 6) is 0.233. The molecule has 26 heavy (non-hydrogen) atoms. The van der Waals surface area contributed by atoms with E-state index >= 15 is 0 Å². The summed E-state index contributed by atoms with van der Waals surface area (Å²) in [6.45, 7) is 2.68. The fourth-order valence-corrected chi connectivity index (χ4v) is 5.35. The normalized spacial score (nSPS) is 21.8. The van der Waals surface area contributed by atoms with Crippen molar-refractivity contribution in [3.05, 3.63) is 56.8 Å². The summed E-state index contributed by atoms with van der Waals surface area (Å²) in [7, 11) is 0. The van der Waals surface area contributed by atoms with Crippen LogP contribution in [0.3, 0.4) is 0 Å². The van der Waals surface area contributed by atoms with Gasteiger partial charge in [-0.1, -0.05) is 37.6 Å². The molecule has 2 heterocycles. The Kier molecular flexibility index (Phi) is 4.57. The Morgan fingerprint density at radius 3 is 2.69 bits per heavy atom. The molecule has 0 spiro atoms. The number of rotatable bonds is 3. The average Bonchev–Trinajstić information content (AvgIpc) is 3.09. The van der Waals surface area contributed by atoms with Gasteiger partial charge >= 0.3 is 0 Å². The molecule has 2 aromatic rings. The lowest BCUT2D eigenvalue weighted by molar-refractivity contribution is -0.122. The molecule has 0 bridgehead atoms. The summed E-state index contributed by atoms with van der Waals surface area (Å²) >= 11 is 1.60. The van der Waals surface area contributed by atoms with Crippen LogP contribution in [-0.2, 0) is 30.6 Å². The molecule has 136 valence electrons. The van der Waals surface area contributed by atoms with Crippen LogP contribution in [0.15, 0.2) is 30.3 Å². The summed E-state index contributed by atoms with van der Waals surface area (Å²) in [6, 6.07) is 9.47. The molecule has 1 aliphatic carbocycles. The standard InChI is InChI=1S/C21H24N2O2S/c1-2-13-7-8-18-16(9-13)11-19(26-18)21(25)23-12-15-6-4-3-5-14(15)10-17(23)20(22)24/h3-6,11,13,17H,2,7-10,12H2,1H3,(H2,22,24)/t13-,17-/m1/s1. The van der Waals surface area contributed by atoms with E-state index < -0.39 is 11.9 Å². The largest absolute Gasteiger partial charge is 0.368 e. The minimum absolute atomic E-state index is 0.0595. The first-order valence-corrected chi connectivity index (χ1v) is 10.2. The number of benzene rings is 1. The Balaban J connectivity index is 1.63. The molecule has 4 nitrogen and oxygen atoms in total. The first-order chi connectivity index (χ1) is 12.6. The third-order valence-corrected chi connectivity index (χ3v) is 7.04. The Bertz CT molecular complexity index is 857. The van der Waals surface area contributed by atoms with Gasteiger partial charge in [0.2, 0.25) is 5.91 Å². The van der Waals surface area contributed by atoms with Crippen molar-refractivity contribution in [2.24, 2.45) is 11.7 Å².